The Kier molecular flexibility index (Phi) is 10.9. The molecule has 0 aliphatic carbocycles. The molecule has 0 aromatic heterocycles. The number of hydrogen-bond acceptors (Lipinski definition) is 4. The zero-order valence-electron chi connectivity index (χ0n) is 25.9. The van der Waals surface area contributed by atoms with Gasteiger partial charge in [0.15, 0.2) is 0 Å². The van der Waals surface area contributed by atoms with Crippen molar-refractivity contribution < 1.29 is 4.79 Å². The molecule has 0 bridgehead atoms. The van der Waals surface area contributed by atoms with Crippen molar-refractivity contribution in [3.8, 4) is 0 Å². The van der Waals surface area contributed by atoms with Gasteiger partial charge in [-0.15, -0.1) is 0 Å². The topological polar surface area (TPSA) is 35.6 Å². The van der Waals surface area contributed by atoms with E-state index in [0.717, 1.165) is 64.8 Å². The fraction of sp³-hybridized carbons (Fsp3) is 0.359. The van der Waals surface area contributed by atoms with Crippen molar-refractivity contribution in [2.24, 2.45) is 0 Å². The van der Waals surface area contributed by atoms with Crippen LogP contribution in [-0.4, -0.2) is 67.4 Å². The van der Waals surface area contributed by atoms with E-state index < -0.39 is 5.41 Å². The lowest BCUT2D eigenvalue weighted by atomic mass is 9.65. The molecule has 1 aliphatic heterocycles. The van der Waals surface area contributed by atoms with Gasteiger partial charge in [0.1, 0.15) is 6.29 Å². The molecule has 1 saturated heterocycles. The Morgan fingerprint density at radius 2 is 1.35 bits per heavy atom. The number of hydrogen-bond donors (Lipinski definition) is 1. The second-order valence-corrected chi connectivity index (χ2v) is 11.9. The fourth-order valence-electron chi connectivity index (χ4n) is 6.92. The second kappa shape index (κ2) is 15.2. The van der Waals surface area contributed by atoms with E-state index in [1.165, 1.54) is 27.8 Å². The van der Waals surface area contributed by atoms with Crippen LogP contribution >= 0.6 is 0 Å². The third-order valence-electron chi connectivity index (χ3n) is 9.26. The molecular formula is C39H47N3O. The summed E-state index contributed by atoms with van der Waals surface area (Å²) in [5, 5.41) is 3.33. The van der Waals surface area contributed by atoms with Gasteiger partial charge in [-0.05, 0) is 73.6 Å². The normalized spacial score (nSPS) is 16.7. The van der Waals surface area contributed by atoms with Crippen LogP contribution in [0.5, 0.6) is 0 Å². The number of benzene rings is 4. The molecule has 224 valence electrons. The molecule has 1 fully saturated rings. The summed E-state index contributed by atoms with van der Waals surface area (Å²) < 4.78 is 0. The zero-order chi connectivity index (χ0) is 29.9. The van der Waals surface area contributed by atoms with Crippen molar-refractivity contribution in [2.75, 3.05) is 39.3 Å². The first-order chi connectivity index (χ1) is 21.2. The average molecular weight is 574 g/mol. The van der Waals surface area contributed by atoms with Crippen molar-refractivity contribution >= 4 is 6.29 Å². The lowest BCUT2D eigenvalue weighted by molar-refractivity contribution is -0.113. The minimum absolute atomic E-state index is 0.0299. The molecule has 1 N–H and O–H groups in total. The molecule has 0 radical (unpaired) electrons. The highest BCUT2D eigenvalue weighted by atomic mass is 16.1. The van der Waals surface area contributed by atoms with Gasteiger partial charge in [0.05, 0.1) is 11.5 Å². The monoisotopic (exact) mass is 573 g/mol. The Bertz CT molecular complexity index is 1280. The van der Waals surface area contributed by atoms with Gasteiger partial charge < -0.3 is 15.0 Å². The predicted molar refractivity (Wildman–Crippen MR) is 179 cm³/mol. The Hall–Kier alpha value is -3.57. The summed E-state index contributed by atoms with van der Waals surface area (Å²) in [7, 11) is 0. The number of rotatable bonds is 14. The van der Waals surface area contributed by atoms with Crippen molar-refractivity contribution in [1.29, 1.82) is 0 Å². The minimum atomic E-state index is -0.406. The van der Waals surface area contributed by atoms with E-state index in [4.69, 9.17) is 0 Å². The molecule has 2 atom stereocenters. The summed E-state index contributed by atoms with van der Waals surface area (Å²) in [5.41, 5.74) is 6.05. The molecule has 43 heavy (non-hydrogen) atoms. The second-order valence-electron chi connectivity index (χ2n) is 11.9. The van der Waals surface area contributed by atoms with Gasteiger partial charge in [0, 0.05) is 25.7 Å². The van der Waals surface area contributed by atoms with E-state index in [9.17, 15) is 4.79 Å². The first-order valence-corrected chi connectivity index (χ1v) is 16.1. The molecule has 2 unspecified atom stereocenters. The number of carbonyl (C=O) groups is 1. The molecular weight excluding hydrogens is 526 g/mol. The van der Waals surface area contributed by atoms with Gasteiger partial charge in [0.2, 0.25) is 0 Å². The van der Waals surface area contributed by atoms with Gasteiger partial charge in [0.25, 0.3) is 0 Å². The van der Waals surface area contributed by atoms with Crippen LogP contribution in [0.4, 0.5) is 0 Å². The zero-order valence-corrected chi connectivity index (χ0v) is 25.9. The molecule has 4 aromatic carbocycles. The number of nitrogens with one attached hydrogen (secondary N) is 1. The van der Waals surface area contributed by atoms with Crippen LogP contribution in [0.1, 0.15) is 54.5 Å². The molecule has 4 heteroatoms. The highest BCUT2D eigenvalue weighted by Crippen LogP contribution is 2.45. The predicted octanol–water partition coefficient (Wildman–Crippen LogP) is 6.58. The number of nitrogens with zero attached hydrogens (tertiary/aromatic N) is 2. The third-order valence-corrected chi connectivity index (χ3v) is 9.26. The van der Waals surface area contributed by atoms with Crippen molar-refractivity contribution in [1.82, 2.24) is 15.1 Å². The number of likely N-dealkylation sites (N-methyl/N-ethyl adjacent to an activating group) is 1. The molecule has 0 saturated carbocycles. The van der Waals surface area contributed by atoms with Gasteiger partial charge in [-0.2, -0.15) is 0 Å². The quantitative estimate of drug-likeness (QED) is 0.105. The minimum Gasteiger partial charge on any atom is -0.313 e. The Labute approximate surface area is 258 Å². The molecule has 0 amide bonds. The standard InChI is InChI=1S/C39H47N3O/c1-3-41(26-13-14-27-42-28-25-40-30-38(42)31-43)32(2)29-33-21-23-37(24-22-33)39(34-15-7-4-8-16-34,35-17-9-5-10-18-35)36-19-11-6-12-20-36/h4-12,15-24,31-32,38,40H,3,13-14,25-30H2,1-2H3. The maximum absolute atomic E-state index is 11.4. The third kappa shape index (κ3) is 7.15. The Balaban J connectivity index is 1.32. The van der Waals surface area contributed by atoms with Crippen LogP contribution in [0.25, 0.3) is 0 Å². The maximum atomic E-state index is 11.4. The number of unbranched alkanes of at least 4 members (excludes halogenated alkanes) is 1. The van der Waals surface area contributed by atoms with Gasteiger partial charge >= 0.3 is 0 Å². The number of piperazine rings is 1. The van der Waals surface area contributed by atoms with E-state index in [1.54, 1.807) is 0 Å². The summed E-state index contributed by atoms with van der Waals surface area (Å²) in [6.07, 6.45) is 4.40. The van der Waals surface area contributed by atoms with E-state index in [1.807, 2.05) is 0 Å². The maximum Gasteiger partial charge on any atom is 0.138 e. The molecule has 0 spiro atoms. The van der Waals surface area contributed by atoms with Gasteiger partial charge in [-0.25, -0.2) is 0 Å². The van der Waals surface area contributed by atoms with Crippen molar-refractivity contribution in [2.45, 2.75) is 50.6 Å². The largest absolute Gasteiger partial charge is 0.313 e. The summed E-state index contributed by atoms with van der Waals surface area (Å²) >= 11 is 0. The number of carbonyl (C=O) groups excluding carboxylic acids is 1. The highest BCUT2D eigenvalue weighted by Gasteiger charge is 2.38. The van der Waals surface area contributed by atoms with E-state index in [0.29, 0.717) is 6.04 Å². The molecule has 4 nitrogen and oxygen atoms in total. The van der Waals surface area contributed by atoms with Crippen LogP contribution in [0.15, 0.2) is 115 Å². The molecule has 1 heterocycles. The van der Waals surface area contributed by atoms with Crippen LogP contribution in [0.2, 0.25) is 0 Å². The summed E-state index contributed by atoms with van der Waals surface area (Å²) in [5.74, 6) is 0. The summed E-state index contributed by atoms with van der Waals surface area (Å²) in [6.45, 7) is 10.5. The smallest absolute Gasteiger partial charge is 0.138 e. The first-order valence-electron chi connectivity index (χ1n) is 16.1. The van der Waals surface area contributed by atoms with Gasteiger partial charge in [-0.3, -0.25) is 4.90 Å². The molecule has 4 aromatic rings. The average Bonchev–Trinajstić information content (AvgIpc) is 3.07. The summed E-state index contributed by atoms with van der Waals surface area (Å²) in [4.78, 5) is 16.4. The lowest BCUT2D eigenvalue weighted by Gasteiger charge is -2.37. The fourth-order valence-corrected chi connectivity index (χ4v) is 6.92. The van der Waals surface area contributed by atoms with Crippen LogP contribution in [0, 0.1) is 0 Å². The van der Waals surface area contributed by atoms with E-state index in [-0.39, 0.29) is 6.04 Å². The summed E-state index contributed by atoms with van der Waals surface area (Å²) in [6, 6.07) is 42.6. The Morgan fingerprint density at radius 3 is 1.86 bits per heavy atom. The van der Waals surface area contributed by atoms with Crippen molar-refractivity contribution in [3.63, 3.8) is 0 Å². The first kappa shape index (κ1) is 30.9. The Morgan fingerprint density at radius 1 is 0.814 bits per heavy atom. The van der Waals surface area contributed by atoms with Gasteiger partial charge in [-0.1, -0.05) is 122 Å². The number of aldehydes is 1. The van der Waals surface area contributed by atoms with Crippen LogP contribution in [-0.2, 0) is 16.6 Å². The van der Waals surface area contributed by atoms with Crippen molar-refractivity contribution in [3.05, 3.63) is 143 Å². The SMILES string of the molecule is CCN(CCCCN1CCNCC1C=O)C(C)Cc1ccc(C(c2ccccc2)(c2ccccc2)c2ccccc2)cc1. The molecule has 5 rings (SSSR count). The van der Waals surface area contributed by atoms with E-state index in [2.05, 4.69) is 144 Å². The van der Waals surface area contributed by atoms with Crippen LogP contribution in [0.3, 0.4) is 0 Å². The van der Waals surface area contributed by atoms with Crippen LogP contribution < -0.4 is 5.32 Å². The van der Waals surface area contributed by atoms with E-state index >= 15 is 0 Å². The molecule has 1 aliphatic rings. The lowest BCUT2D eigenvalue weighted by Crippen LogP contribution is -2.52. The highest BCUT2D eigenvalue weighted by molar-refractivity contribution is 5.60.